The molecule has 180 valence electrons. The molecule has 4 rings (SSSR count). The molecular weight excluding hydrogens is 447 g/mol. The van der Waals surface area contributed by atoms with Crippen molar-refractivity contribution < 1.29 is 27.5 Å². The highest BCUT2D eigenvalue weighted by Crippen LogP contribution is 2.29. The van der Waals surface area contributed by atoms with Gasteiger partial charge < -0.3 is 19.9 Å². The van der Waals surface area contributed by atoms with E-state index in [1.54, 1.807) is 30.3 Å². The van der Waals surface area contributed by atoms with Gasteiger partial charge in [-0.05, 0) is 43.4 Å². The van der Waals surface area contributed by atoms with Crippen molar-refractivity contribution in [2.45, 2.75) is 50.6 Å². The molecule has 0 saturated heterocycles. The quantitative estimate of drug-likeness (QED) is 0.503. The number of benzene rings is 2. The zero-order valence-electron chi connectivity index (χ0n) is 18.5. The predicted octanol–water partition coefficient (Wildman–Crippen LogP) is 5.41. The van der Waals surface area contributed by atoms with Gasteiger partial charge in [0.25, 0.3) is 5.91 Å². The average Bonchev–Trinajstić information content (AvgIpc) is 3.25. The number of nitrogens with one attached hydrogen (secondary N) is 2. The monoisotopic (exact) mass is 473 g/mol. The smallest absolute Gasteiger partial charge is 0.407 e. The number of H-pyrrole nitrogens is 1. The number of carbonyl (C=O) groups excluding carboxylic acids is 2. The lowest BCUT2D eigenvalue weighted by molar-refractivity contribution is -0.146. The van der Waals surface area contributed by atoms with Crippen molar-refractivity contribution in [3.05, 3.63) is 71.9 Å². The molecule has 6 nitrogen and oxygen atoms in total. The summed E-state index contributed by atoms with van der Waals surface area (Å²) in [7, 11) is 0. The van der Waals surface area contributed by atoms with Gasteiger partial charge >= 0.3 is 12.3 Å². The topological polar surface area (TPSA) is 74.4 Å². The van der Waals surface area contributed by atoms with Crippen LogP contribution in [0.3, 0.4) is 0 Å². The van der Waals surface area contributed by atoms with Crippen LogP contribution in [0.25, 0.3) is 10.9 Å². The summed E-state index contributed by atoms with van der Waals surface area (Å²) in [5.74, 6) is -0.703. The highest BCUT2D eigenvalue weighted by atomic mass is 19.4. The molecule has 0 unspecified atom stereocenters. The normalized spacial score (nSPS) is 18.4. The van der Waals surface area contributed by atoms with Crippen LogP contribution in [0, 0.1) is 0 Å². The molecule has 34 heavy (non-hydrogen) atoms. The fourth-order valence-electron chi connectivity index (χ4n) is 4.41. The lowest BCUT2D eigenvalue weighted by atomic mass is 9.89. The van der Waals surface area contributed by atoms with Crippen molar-refractivity contribution in [1.29, 1.82) is 0 Å². The third-order valence-electron chi connectivity index (χ3n) is 5.99. The summed E-state index contributed by atoms with van der Waals surface area (Å²) in [5, 5.41) is 3.50. The van der Waals surface area contributed by atoms with Crippen molar-refractivity contribution >= 4 is 22.9 Å². The highest BCUT2D eigenvalue weighted by molar-refractivity contribution is 5.98. The van der Waals surface area contributed by atoms with Gasteiger partial charge in [0.1, 0.15) is 18.8 Å². The van der Waals surface area contributed by atoms with E-state index in [1.807, 2.05) is 30.3 Å². The number of ether oxygens (including phenoxy) is 1. The number of para-hydroxylation sites is 1. The summed E-state index contributed by atoms with van der Waals surface area (Å²) in [6.45, 7) is -1.25. The van der Waals surface area contributed by atoms with E-state index in [0.29, 0.717) is 24.8 Å². The number of alkyl halides is 3. The number of aromatic nitrogens is 1. The second-order valence-corrected chi connectivity index (χ2v) is 8.54. The zero-order chi connectivity index (χ0) is 24.1. The largest absolute Gasteiger partial charge is 0.445 e. The second-order valence-electron chi connectivity index (χ2n) is 8.54. The first-order chi connectivity index (χ1) is 16.3. The molecule has 1 fully saturated rings. The Morgan fingerprint density at radius 2 is 1.79 bits per heavy atom. The fourth-order valence-corrected chi connectivity index (χ4v) is 4.41. The van der Waals surface area contributed by atoms with Crippen LogP contribution in [-0.4, -0.2) is 46.7 Å². The molecule has 2 amide bonds. The van der Waals surface area contributed by atoms with E-state index in [4.69, 9.17) is 4.74 Å². The van der Waals surface area contributed by atoms with Gasteiger partial charge in [0.15, 0.2) is 0 Å². The minimum atomic E-state index is -4.54. The van der Waals surface area contributed by atoms with Gasteiger partial charge in [-0.3, -0.25) is 4.79 Å². The molecule has 1 aliphatic rings. The Morgan fingerprint density at radius 3 is 2.53 bits per heavy atom. The maximum absolute atomic E-state index is 13.4. The third kappa shape index (κ3) is 6.09. The Labute approximate surface area is 195 Å². The number of fused-ring (bicyclic) bond motifs is 1. The second kappa shape index (κ2) is 10.2. The van der Waals surface area contributed by atoms with Crippen molar-refractivity contribution in [3.63, 3.8) is 0 Å². The van der Waals surface area contributed by atoms with Crippen LogP contribution in [-0.2, 0) is 11.3 Å². The molecule has 0 radical (unpaired) electrons. The number of aromatic amines is 1. The fraction of sp³-hybridized carbons (Fsp3) is 0.360. The predicted molar refractivity (Wildman–Crippen MR) is 121 cm³/mol. The van der Waals surface area contributed by atoms with Gasteiger partial charge in [-0.25, -0.2) is 4.79 Å². The van der Waals surface area contributed by atoms with Crippen LogP contribution in [0.2, 0.25) is 0 Å². The standard InChI is InChI=1S/C25H26F3N3O3/c26-25(27,28)16-31(23(32)22-13-18-9-4-5-12-21(18)30-22)20-11-6-10-19(14-20)29-24(33)34-15-17-7-2-1-3-8-17/h1-5,7-9,12-13,19-20,30H,6,10-11,14-16H2,(H,29,33)/t19-,20+/m1/s1. The van der Waals surface area contributed by atoms with E-state index in [-0.39, 0.29) is 24.8 Å². The van der Waals surface area contributed by atoms with Gasteiger partial charge in [-0.1, -0.05) is 48.5 Å². The molecule has 0 spiro atoms. The molecule has 1 aliphatic carbocycles. The summed E-state index contributed by atoms with van der Waals surface area (Å²) < 4.78 is 45.5. The number of halogens is 3. The summed E-state index contributed by atoms with van der Waals surface area (Å²) in [6, 6.07) is 16.9. The van der Waals surface area contributed by atoms with Crippen LogP contribution >= 0.6 is 0 Å². The Kier molecular flexibility index (Phi) is 7.09. The zero-order valence-corrected chi connectivity index (χ0v) is 18.5. The Hall–Kier alpha value is -3.49. The first kappa shape index (κ1) is 23.7. The van der Waals surface area contributed by atoms with E-state index in [2.05, 4.69) is 10.3 Å². The molecular formula is C25H26F3N3O3. The SMILES string of the molecule is O=C(N[C@@H]1CCC[C@H](N(CC(F)(F)F)C(=O)c2cc3ccccc3[nH]2)C1)OCc1ccccc1. The van der Waals surface area contributed by atoms with E-state index in [1.165, 1.54) is 0 Å². The lowest BCUT2D eigenvalue weighted by Gasteiger charge is -2.37. The number of hydrogen-bond donors (Lipinski definition) is 2. The van der Waals surface area contributed by atoms with Crippen LogP contribution in [0.1, 0.15) is 41.7 Å². The van der Waals surface area contributed by atoms with E-state index >= 15 is 0 Å². The number of hydrogen-bond acceptors (Lipinski definition) is 3. The molecule has 0 aliphatic heterocycles. The molecule has 2 atom stereocenters. The molecule has 1 aromatic heterocycles. The van der Waals surface area contributed by atoms with Crippen LogP contribution in [0.15, 0.2) is 60.7 Å². The molecule has 3 aromatic rings. The molecule has 9 heteroatoms. The maximum Gasteiger partial charge on any atom is 0.407 e. The third-order valence-corrected chi connectivity index (χ3v) is 5.99. The van der Waals surface area contributed by atoms with Crippen LogP contribution in [0.4, 0.5) is 18.0 Å². The molecule has 2 N–H and O–H groups in total. The van der Waals surface area contributed by atoms with Crippen molar-refractivity contribution in [3.8, 4) is 0 Å². The van der Waals surface area contributed by atoms with Crippen molar-refractivity contribution in [1.82, 2.24) is 15.2 Å². The van der Waals surface area contributed by atoms with Crippen LogP contribution in [0.5, 0.6) is 0 Å². The average molecular weight is 473 g/mol. The Balaban J connectivity index is 1.43. The highest BCUT2D eigenvalue weighted by Gasteiger charge is 2.39. The molecule has 0 bridgehead atoms. The summed E-state index contributed by atoms with van der Waals surface area (Å²) in [4.78, 5) is 29.2. The number of nitrogens with zero attached hydrogens (tertiary/aromatic N) is 1. The summed E-state index contributed by atoms with van der Waals surface area (Å²) >= 11 is 0. The molecule has 2 aromatic carbocycles. The number of rotatable bonds is 6. The van der Waals surface area contributed by atoms with Gasteiger partial charge in [-0.15, -0.1) is 0 Å². The van der Waals surface area contributed by atoms with Crippen LogP contribution < -0.4 is 5.32 Å². The lowest BCUT2D eigenvalue weighted by Crippen LogP contribution is -2.51. The van der Waals surface area contributed by atoms with Crippen molar-refractivity contribution in [2.75, 3.05) is 6.54 Å². The number of amides is 2. The van der Waals surface area contributed by atoms with E-state index in [9.17, 15) is 22.8 Å². The minimum Gasteiger partial charge on any atom is -0.445 e. The summed E-state index contributed by atoms with van der Waals surface area (Å²) in [5.41, 5.74) is 1.63. The minimum absolute atomic E-state index is 0.0991. The Morgan fingerprint density at radius 1 is 1.06 bits per heavy atom. The summed E-state index contributed by atoms with van der Waals surface area (Å²) in [6.07, 6.45) is -3.32. The van der Waals surface area contributed by atoms with Gasteiger partial charge in [-0.2, -0.15) is 13.2 Å². The molecule has 1 heterocycles. The first-order valence-electron chi connectivity index (χ1n) is 11.2. The van der Waals surface area contributed by atoms with Gasteiger partial charge in [0.05, 0.1) is 0 Å². The van der Waals surface area contributed by atoms with Gasteiger partial charge in [0, 0.05) is 23.0 Å². The molecule has 1 saturated carbocycles. The number of carbonyl (C=O) groups is 2. The Bertz CT molecular complexity index is 1100. The van der Waals surface area contributed by atoms with E-state index in [0.717, 1.165) is 15.8 Å². The maximum atomic E-state index is 13.4. The number of alkyl carbamates (subject to hydrolysis) is 1. The first-order valence-corrected chi connectivity index (χ1v) is 11.2. The van der Waals surface area contributed by atoms with Crippen molar-refractivity contribution in [2.24, 2.45) is 0 Å². The van der Waals surface area contributed by atoms with Gasteiger partial charge in [0.2, 0.25) is 0 Å². The van der Waals surface area contributed by atoms with E-state index < -0.39 is 30.8 Å².